The van der Waals surface area contributed by atoms with Gasteiger partial charge in [-0.1, -0.05) is 12.8 Å². The van der Waals surface area contributed by atoms with Crippen LogP contribution in [-0.4, -0.2) is 35.8 Å². The highest BCUT2D eigenvalue weighted by Gasteiger charge is 2.20. The van der Waals surface area contributed by atoms with Crippen LogP contribution in [0.1, 0.15) is 32.6 Å². The molecule has 2 nitrogen and oxygen atoms in total. The summed E-state index contributed by atoms with van der Waals surface area (Å²) in [7, 11) is 0. The van der Waals surface area contributed by atoms with Gasteiger partial charge in [0.25, 0.3) is 0 Å². The van der Waals surface area contributed by atoms with Crippen molar-refractivity contribution in [1.29, 1.82) is 0 Å². The van der Waals surface area contributed by atoms with Gasteiger partial charge in [-0.3, -0.25) is 0 Å². The van der Waals surface area contributed by atoms with Gasteiger partial charge in [-0.25, -0.2) is 0 Å². The molecule has 0 bridgehead atoms. The zero-order valence-electron chi connectivity index (χ0n) is 9.38. The number of rotatable bonds is 6. The lowest BCUT2D eigenvalue weighted by molar-refractivity contribution is 0.0838. The quantitative estimate of drug-likeness (QED) is 0.712. The Hall–Kier alpha value is 0.270. The van der Waals surface area contributed by atoms with Crippen molar-refractivity contribution in [3.63, 3.8) is 0 Å². The summed E-state index contributed by atoms with van der Waals surface area (Å²) in [5.41, 5.74) is -0.544. The molecule has 1 saturated carbocycles. The van der Waals surface area contributed by atoms with E-state index in [2.05, 4.69) is 5.32 Å². The van der Waals surface area contributed by atoms with Gasteiger partial charge in [0.2, 0.25) is 0 Å². The van der Waals surface area contributed by atoms with E-state index in [1.54, 1.807) is 11.8 Å². The van der Waals surface area contributed by atoms with Crippen molar-refractivity contribution < 1.29 is 5.11 Å². The van der Waals surface area contributed by atoms with Crippen molar-refractivity contribution in [2.45, 2.75) is 38.2 Å². The molecule has 1 fully saturated rings. The molecule has 0 aromatic rings. The van der Waals surface area contributed by atoms with Crippen molar-refractivity contribution in [2.75, 3.05) is 25.1 Å². The second kappa shape index (κ2) is 5.99. The fourth-order valence-corrected chi connectivity index (χ4v) is 2.85. The molecule has 0 aromatic carbocycles. The van der Waals surface area contributed by atoms with Crippen LogP contribution in [0.5, 0.6) is 0 Å². The summed E-state index contributed by atoms with van der Waals surface area (Å²) < 4.78 is 0. The van der Waals surface area contributed by atoms with E-state index >= 15 is 0 Å². The molecule has 2 N–H and O–H groups in total. The first kappa shape index (κ1) is 12.3. The maximum absolute atomic E-state index is 9.91. The SMILES string of the molecule is CSCC(C)(O)CNCC1CCCC1. The normalized spacial score (nSPS) is 22.5. The van der Waals surface area contributed by atoms with Crippen LogP contribution in [0, 0.1) is 5.92 Å². The van der Waals surface area contributed by atoms with Gasteiger partial charge in [0.05, 0.1) is 5.60 Å². The first-order chi connectivity index (χ1) is 6.64. The number of hydrogen-bond donors (Lipinski definition) is 2. The molecule has 1 aliphatic rings. The average Bonchev–Trinajstić information content (AvgIpc) is 2.56. The van der Waals surface area contributed by atoms with Crippen molar-refractivity contribution >= 4 is 11.8 Å². The standard InChI is InChI=1S/C11H23NOS/c1-11(13,9-14-2)8-12-7-10-5-3-4-6-10/h10,12-13H,3-9H2,1-2H3. The predicted molar refractivity (Wildman–Crippen MR) is 63.8 cm³/mol. The first-order valence-corrected chi connectivity index (χ1v) is 6.95. The molecular formula is C11H23NOS. The fraction of sp³-hybridized carbons (Fsp3) is 1.00. The number of aliphatic hydroxyl groups is 1. The molecule has 1 aliphatic carbocycles. The maximum Gasteiger partial charge on any atom is 0.0833 e. The summed E-state index contributed by atoms with van der Waals surface area (Å²) in [6.45, 7) is 3.72. The highest BCUT2D eigenvalue weighted by atomic mass is 32.2. The lowest BCUT2D eigenvalue weighted by Crippen LogP contribution is -2.41. The number of nitrogens with one attached hydrogen (secondary N) is 1. The Morgan fingerprint density at radius 3 is 2.64 bits per heavy atom. The molecule has 0 spiro atoms. The molecular weight excluding hydrogens is 194 g/mol. The summed E-state index contributed by atoms with van der Waals surface area (Å²) in [6.07, 6.45) is 7.57. The van der Waals surface area contributed by atoms with Gasteiger partial charge in [-0.05, 0) is 38.5 Å². The van der Waals surface area contributed by atoms with Crippen LogP contribution < -0.4 is 5.32 Å². The van der Waals surface area contributed by atoms with Gasteiger partial charge >= 0.3 is 0 Å². The van der Waals surface area contributed by atoms with Gasteiger partial charge in [-0.2, -0.15) is 11.8 Å². The zero-order chi connectivity index (χ0) is 10.4. The van der Waals surface area contributed by atoms with Crippen molar-refractivity contribution in [3.8, 4) is 0 Å². The fourth-order valence-electron chi connectivity index (χ4n) is 2.12. The van der Waals surface area contributed by atoms with Gasteiger partial charge in [0.15, 0.2) is 0 Å². The van der Waals surface area contributed by atoms with Crippen molar-refractivity contribution in [2.24, 2.45) is 5.92 Å². The van der Waals surface area contributed by atoms with Crippen LogP contribution in [0.3, 0.4) is 0 Å². The highest BCUT2D eigenvalue weighted by Crippen LogP contribution is 2.23. The summed E-state index contributed by atoms with van der Waals surface area (Å²) in [4.78, 5) is 0. The van der Waals surface area contributed by atoms with Crippen LogP contribution in [0.4, 0.5) is 0 Å². The molecule has 0 radical (unpaired) electrons. The van der Waals surface area contributed by atoms with Gasteiger partial charge in [-0.15, -0.1) is 0 Å². The molecule has 1 atom stereocenters. The largest absolute Gasteiger partial charge is 0.388 e. The van der Waals surface area contributed by atoms with Crippen LogP contribution in [0.15, 0.2) is 0 Å². The monoisotopic (exact) mass is 217 g/mol. The molecule has 0 heterocycles. The lowest BCUT2D eigenvalue weighted by atomic mass is 10.1. The first-order valence-electron chi connectivity index (χ1n) is 5.56. The summed E-state index contributed by atoms with van der Waals surface area (Å²) in [5, 5.41) is 13.3. The Bertz CT molecular complexity index is 155. The van der Waals surface area contributed by atoms with Crippen molar-refractivity contribution in [1.82, 2.24) is 5.32 Å². The third-order valence-electron chi connectivity index (χ3n) is 2.87. The van der Waals surface area contributed by atoms with Crippen LogP contribution in [0.2, 0.25) is 0 Å². The van der Waals surface area contributed by atoms with E-state index in [1.165, 1.54) is 25.7 Å². The van der Waals surface area contributed by atoms with Crippen LogP contribution in [-0.2, 0) is 0 Å². The van der Waals surface area contributed by atoms with Crippen molar-refractivity contribution in [3.05, 3.63) is 0 Å². The molecule has 1 rings (SSSR count). The predicted octanol–water partition coefficient (Wildman–Crippen LogP) is 1.88. The molecule has 0 saturated heterocycles. The molecule has 3 heteroatoms. The van der Waals surface area contributed by atoms with E-state index in [-0.39, 0.29) is 0 Å². The summed E-state index contributed by atoms with van der Waals surface area (Å²) in [6, 6.07) is 0. The van der Waals surface area contributed by atoms with Crippen LogP contribution in [0.25, 0.3) is 0 Å². The molecule has 0 aromatic heterocycles. The minimum absolute atomic E-state index is 0.544. The number of hydrogen-bond acceptors (Lipinski definition) is 3. The second-order valence-corrected chi connectivity index (χ2v) is 5.58. The molecule has 1 unspecified atom stereocenters. The average molecular weight is 217 g/mol. The minimum Gasteiger partial charge on any atom is -0.388 e. The van der Waals surface area contributed by atoms with Gasteiger partial charge in [0, 0.05) is 12.3 Å². The van der Waals surface area contributed by atoms with E-state index in [4.69, 9.17) is 0 Å². The van der Waals surface area contributed by atoms with E-state index in [9.17, 15) is 5.11 Å². The molecule has 0 aliphatic heterocycles. The molecule has 84 valence electrons. The smallest absolute Gasteiger partial charge is 0.0833 e. The summed E-state index contributed by atoms with van der Waals surface area (Å²) >= 11 is 1.70. The molecule has 14 heavy (non-hydrogen) atoms. The number of thioether (sulfide) groups is 1. The third-order valence-corrected chi connectivity index (χ3v) is 3.78. The van der Waals surface area contributed by atoms with E-state index < -0.39 is 5.60 Å². The maximum atomic E-state index is 9.91. The Labute approximate surface area is 91.9 Å². The Kier molecular flexibility index (Phi) is 5.28. The lowest BCUT2D eigenvalue weighted by Gasteiger charge is -2.23. The minimum atomic E-state index is -0.544. The van der Waals surface area contributed by atoms with Gasteiger partial charge < -0.3 is 10.4 Å². The topological polar surface area (TPSA) is 32.3 Å². The Balaban J connectivity index is 2.07. The second-order valence-electron chi connectivity index (χ2n) is 4.71. The van der Waals surface area contributed by atoms with Crippen LogP contribution >= 0.6 is 11.8 Å². The molecule has 0 amide bonds. The Morgan fingerprint density at radius 2 is 2.07 bits per heavy atom. The van der Waals surface area contributed by atoms with E-state index in [0.717, 1.165) is 24.8 Å². The highest BCUT2D eigenvalue weighted by molar-refractivity contribution is 7.98. The van der Waals surface area contributed by atoms with E-state index in [1.807, 2.05) is 13.2 Å². The summed E-state index contributed by atoms with van der Waals surface area (Å²) in [5.74, 6) is 1.67. The van der Waals surface area contributed by atoms with Gasteiger partial charge in [0.1, 0.15) is 0 Å². The van der Waals surface area contributed by atoms with E-state index in [0.29, 0.717) is 0 Å². The zero-order valence-corrected chi connectivity index (χ0v) is 10.2. The Morgan fingerprint density at radius 1 is 1.43 bits per heavy atom. The third kappa shape index (κ3) is 4.67.